The Labute approximate surface area is 286 Å². The Morgan fingerprint density at radius 2 is 0.867 bits per heavy atom. The quantitative estimate of drug-likeness (QED) is 0.136. The lowest BCUT2D eigenvalue weighted by molar-refractivity contribution is 0.0619. The van der Waals surface area contributed by atoms with Crippen LogP contribution in [0, 0.1) is 12.6 Å². The zero-order valence-electron chi connectivity index (χ0n) is 23.6. The number of ketones is 4. The highest BCUT2D eigenvalue weighted by Gasteiger charge is 2.80. The fourth-order valence-corrected chi connectivity index (χ4v) is 8.72. The van der Waals surface area contributed by atoms with Crippen molar-refractivity contribution in [2.45, 2.75) is 17.5 Å². The maximum Gasteiger partial charge on any atom is 0.197 e. The van der Waals surface area contributed by atoms with Gasteiger partial charge in [0.2, 0.25) is 0 Å². The van der Waals surface area contributed by atoms with E-state index < -0.39 is 34.5 Å². The molecule has 0 saturated carbocycles. The second-order valence-corrected chi connectivity index (χ2v) is 14.2. The third-order valence-corrected chi connectivity index (χ3v) is 11.1. The largest absolute Gasteiger partial charge is 0.343 e. The lowest BCUT2D eigenvalue weighted by Crippen LogP contribution is -2.57. The predicted octanol–water partition coefficient (Wildman–Crippen LogP) is 8.12. The van der Waals surface area contributed by atoms with Crippen molar-refractivity contribution in [3.63, 3.8) is 0 Å². The summed E-state index contributed by atoms with van der Waals surface area (Å²) in [5, 5.41) is 0. The van der Waals surface area contributed by atoms with E-state index in [2.05, 4.69) is 45.2 Å². The molecule has 2 atom stereocenters. The standard InChI is InChI=1S/C38H23I2NO4/c39-24-18-14-22(15-19-24)31-37(33(42)27-10-4-5-11-28(27)34(37)43)32(23-16-20-25(40)21-17-23)41(26-8-2-1-3-9-26)38(31)35(44)29-12-6-7-13-30(29)36(38)45/h1-21,31-32H/t31-,32+/m1/s1. The van der Waals surface area contributed by atoms with Crippen LogP contribution in [0.4, 0.5) is 5.69 Å². The zero-order valence-corrected chi connectivity index (χ0v) is 27.9. The number of Topliss-reactive ketones (excluding diaryl/α,β-unsaturated/α-hetero) is 4. The number of benzene rings is 5. The number of anilines is 1. The first-order chi connectivity index (χ1) is 21.8. The molecule has 2 spiro atoms. The summed E-state index contributed by atoms with van der Waals surface area (Å²) in [4.78, 5) is 62.8. The van der Waals surface area contributed by atoms with Crippen molar-refractivity contribution in [1.29, 1.82) is 0 Å². The Morgan fingerprint density at radius 3 is 1.33 bits per heavy atom. The van der Waals surface area contributed by atoms with Crippen LogP contribution in [-0.4, -0.2) is 28.7 Å². The number of carbonyl (C=O) groups excluding carboxylic acids is 4. The molecule has 1 saturated heterocycles. The van der Waals surface area contributed by atoms with Crippen molar-refractivity contribution in [2.24, 2.45) is 5.41 Å². The van der Waals surface area contributed by atoms with Crippen LogP contribution < -0.4 is 4.90 Å². The minimum absolute atomic E-state index is 0.299. The van der Waals surface area contributed by atoms with Gasteiger partial charge < -0.3 is 4.90 Å². The van der Waals surface area contributed by atoms with Crippen LogP contribution in [-0.2, 0) is 0 Å². The van der Waals surface area contributed by atoms with Crippen LogP contribution in [0.5, 0.6) is 0 Å². The smallest absolute Gasteiger partial charge is 0.197 e. The fraction of sp³-hybridized carbons (Fsp3) is 0.105. The number of hydrogen-bond donors (Lipinski definition) is 0. The van der Waals surface area contributed by atoms with Gasteiger partial charge >= 0.3 is 0 Å². The summed E-state index contributed by atoms with van der Waals surface area (Å²) >= 11 is 4.43. The first-order valence-electron chi connectivity index (χ1n) is 14.6. The number of rotatable bonds is 3. The first kappa shape index (κ1) is 28.5. The molecular weight excluding hydrogens is 788 g/mol. The van der Waals surface area contributed by atoms with Gasteiger partial charge in [-0.2, -0.15) is 0 Å². The highest BCUT2D eigenvalue weighted by Crippen LogP contribution is 2.69. The molecule has 0 aromatic heterocycles. The molecule has 5 aromatic rings. The number of carbonyl (C=O) groups is 4. The Bertz CT molecular complexity index is 2000. The van der Waals surface area contributed by atoms with Crippen LogP contribution >= 0.6 is 45.2 Å². The molecule has 2 aliphatic carbocycles. The van der Waals surface area contributed by atoms with Gasteiger partial charge in [0.15, 0.2) is 28.7 Å². The van der Waals surface area contributed by atoms with Crippen molar-refractivity contribution >= 4 is 74.0 Å². The van der Waals surface area contributed by atoms with E-state index in [0.29, 0.717) is 39.1 Å². The lowest BCUT2D eigenvalue weighted by atomic mass is 9.60. The normalized spacial score (nSPS) is 20.7. The maximum atomic E-state index is 15.3. The van der Waals surface area contributed by atoms with Gasteiger partial charge in [-0.3, -0.25) is 19.2 Å². The number of hydrogen-bond acceptors (Lipinski definition) is 5. The highest BCUT2D eigenvalue weighted by atomic mass is 127. The lowest BCUT2D eigenvalue weighted by Gasteiger charge is -2.40. The fourth-order valence-electron chi connectivity index (χ4n) is 8.00. The summed E-state index contributed by atoms with van der Waals surface area (Å²) < 4.78 is 1.93. The van der Waals surface area contributed by atoms with E-state index in [1.807, 2.05) is 83.8 Å². The average Bonchev–Trinajstić information content (AvgIpc) is 3.57. The third-order valence-electron chi connectivity index (χ3n) is 9.64. The first-order valence-corrected chi connectivity index (χ1v) is 16.7. The van der Waals surface area contributed by atoms with Crippen LogP contribution in [0.1, 0.15) is 64.5 Å². The molecule has 3 aliphatic rings. The van der Waals surface area contributed by atoms with Gasteiger partial charge in [-0.05, 0) is 92.7 Å². The third kappa shape index (κ3) is 3.65. The Kier molecular flexibility index (Phi) is 6.51. The molecule has 0 unspecified atom stereocenters. The molecule has 0 N–H and O–H groups in total. The molecule has 5 nitrogen and oxygen atoms in total. The second-order valence-electron chi connectivity index (χ2n) is 11.7. The van der Waals surface area contributed by atoms with E-state index in [0.717, 1.165) is 7.14 Å². The molecule has 218 valence electrons. The van der Waals surface area contributed by atoms with Crippen molar-refractivity contribution in [1.82, 2.24) is 0 Å². The Hall–Kier alpha value is -3.96. The molecule has 0 bridgehead atoms. The van der Waals surface area contributed by atoms with Gasteiger partial charge in [-0.1, -0.05) is 91.0 Å². The molecule has 0 radical (unpaired) electrons. The van der Waals surface area contributed by atoms with E-state index in [4.69, 9.17) is 0 Å². The Balaban J connectivity index is 1.58. The van der Waals surface area contributed by atoms with Crippen molar-refractivity contribution in [2.75, 3.05) is 4.90 Å². The topological polar surface area (TPSA) is 71.5 Å². The molecule has 1 fully saturated rings. The molecule has 0 amide bonds. The Morgan fingerprint density at radius 1 is 0.467 bits per heavy atom. The number of fused-ring (bicyclic) bond motifs is 2. The molecule has 45 heavy (non-hydrogen) atoms. The summed E-state index contributed by atoms with van der Waals surface area (Å²) in [7, 11) is 0. The second kappa shape index (κ2) is 10.3. The van der Waals surface area contributed by atoms with Gasteiger partial charge in [0.1, 0.15) is 5.41 Å². The minimum atomic E-state index is -1.92. The van der Waals surface area contributed by atoms with E-state index in [-0.39, 0.29) is 11.6 Å². The van der Waals surface area contributed by atoms with Crippen LogP contribution in [0.3, 0.4) is 0 Å². The number of halogens is 2. The van der Waals surface area contributed by atoms with Crippen molar-refractivity contribution in [3.05, 3.63) is 168 Å². The summed E-state index contributed by atoms with van der Waals surface area (Å²) in [6.07, 6.45) is 0. The number of para-hydroxylation sites is 1. The summed E-state index contributed by atoms with van der Waals surface area (Å²) in [6.45, 7) is 0. The van der Waals surface area contributed by atoms with Crippen LogP contribution in [0.25, 0.3) is 0 Å². The predicted molar refractivity (Wildman–Crippen MR) is 188 cm³/mol. The summed E-state index contributed by atoms with van der Waals surface area (Å²) in [6, 6.07) is 37.2. The van der Waals surface area contributed by atoms with Gasteiger partial charge in [-0.25, -0.2) is 0 Å². The summed E-state index contributed by atoms with van der Waals surface area (Å²) in [5.41, 5.74) is -0.667. The van der Waals surface area contributed by atoms with Crippen molar-refractivity contribution < 1.29 is 19.2 Å². The molecule has 5 aromatic carbocycles. The van der Waals surface area contributed by atoms with Crippen LogP contribution in [0.15, 0.2) is 127 Å². The van der Waals surface area contributed by atoms with Crippen LogP contribution in [0.2, 0.25) is 0 Å². The van der Waals surface area contributed by atoms with E-state index in [9.17, 15) is 0 Å². The molecule has 8 rings (SSSR count). The highest BCUT2D eigenvalue weighted by molar-refractivity contribution is 14.1. The number of nitrogens with zero attached hydrogens (tertiary/aromatic N) is 1. The molecular formula is C38H23I2NO4. The van der Waals surface area contributed by atoms with Crippen molar-refractivity contribution in [3.8, 4) is 0 Å². The van der Waals surface area contributed by atoms with Gasteiger partial charge in [0.25, 0.3) is 0 Å². The van der Waals surface area contributed by atoms with Gasteiger partial charge in [-0.15, -0.1) is 0 Å². The SMILES string of the molecule is O=C1c2ccccc2C(=O)C12[C@H](c1ccc(I)cc1)N(c1ccccc1)C1(C(=O)c3ccccc3C1=O)[C@@H]2c1ccc(I)cc1. The minimum Gasteiger partial charge on any atom is -0.343 e. The molecule has 7 heteroatoms. The molecule has 1 aliphatic heterocycles. The van der Waals surface area contributed by atoms with E-state index in [1.54, 1.807) is 48.5 Å². The monoisotopic (exact) mass is 811 g/mol. The van der Waals surface area contributed by atoms with Gasteiger partial charge in [0.05, 0.1) is 6.04 Å². The van der Waals surface area contributed by atoms with Gasteiger partial charge in [0, 0.05) is 41.0 Å². The molecule has 1 heterocycles. The van der Waals surface area contributed by atoms with E-state index >= 15 is 19.2 Å². The summed E-state index contributed by atoms with van der Waals surface area (Å²) in [5.74, 6) is -2.68. The van der Waals surface area contributed by atoms with E-state index in [1.165, 1.54) is 0 Å². The average molecular weight is 811 g/mol. The zero-order chi connectivity index (χ0) is 31.1. The maximum absolute atomic E-state index is 15.3.